The van der Waals surface area contributed by atoms with E-state index < -0.39 is 5.97 Å². The number of carbonyl (C=O) groups is 1. The molecule has 3 aromatic rings. The fraction of sp³-hybridized carbons (Fsp3) is 0.118. The predicted molar refractivity (Wildman–Crippen MR) is 88.6 cm³/mol. The molecule has 0 saturated heterocycles. The highest BCUT2D eigenvalue weighted by molar-refractivity contribution is 6.30. The summed E-state index contributed by atoms with van der Waals surface area (Å²) in [5.41, 5.74) is 1.28. The van der Waals surface area contributed by atoms with Crippen LogP contribution in [-0.4, -0.2) is 33.9 Å². The Bertz CT molecular complexity index is 787. The quantitative estimate of drug-likeness (QED) is 0.508. The monoisotopic (exact) mass is 343 g/mol. The van der Waals surface area contributed by atoms with Crippen molar-refractivity contribution >= 4 is 17.6 Å². The minimum absolute atomic E-state index is 0.159. The van der Waals surface area contributed by atoms with Gasteiger partial charge in [0.2, 0.25) is 0 Å². The van der Waals surface area contributed by atoms with Gasteiger partial charge in [-0.3, -0.25) is 0 Å². The molecule has 0 aliphatic rings. The number of hydrogen-bond acceptors (Lipinski definition) is 5. The first-order chi connectivity index (χ1) is 11.7. The molecule has 0 radical (unpaired) electrons. The van der Waals surface area contributed by atoms with Crippen LogP contribution in [0.5, 0.6) is 5.75 Å². The number of rotatable bonds is 6. The highest BCUT2D eigenvalue weighted by atomic mass is 35.5. The first-order valence-electron chi connectivity index (χ1n) is 7.23. The van der Waals surface area contributed by atoms with Crippen molar-refractivity contribution in [1.82, 2.24) is 14.8 Å². The van der Waals surface area contributed by atoms with Gasteiger partial charge in [0.25, 0.3) is 0 Å². The Morgan fingerprint density at radius 1 is 1.04 bits per heavy atom. The zero-order chi connectivity index (χ0) is 16.8. The SMILES string of the molecule is O=C(OCCOc1ccc(Cl)cc1)c1ccc(-n2cncn2)cc1. The van der Waals surface area contributed by atoms with Gasteiger partial charge in [-0.25, -0.2) is 14.5 Å². The van der Waals surface area contributed by atoms with Crippen LogP contribution in [0.4, 0.5) is 0 Å². The summed E-state index contributed by atoms with van der Waals surface area (Å²) in [7, 11) is 0. The van der Waals surface area contributed by atoms with Crippen molar-refractivity contribution in [2.75, 3.05) is 13.2 Å². The molecule has 0 bridgehead atoms. The molecule has 0 unspecified atom stereocenters. The maximum Gasteiger partial charge on any atom is 0.338 e. The second kappa shape index (κ2) is 7.61. The zero-order valence-electron chi connectivity index (χ0n) is 12.6. The maximum atomic E-state index is 12.0. The third kappa shape index (κ3) is 4.11. The number of halogens is 1. The van der Waals surface area contributed by atoms with E-state index in [0.717, 1.165) is 5.69 Å². The van der Waals surface area contributed by atoms with Gasteiger partial charge >= 0.3 is 5.97 Å². The Labute approximate surface area is 143 Å². The van der Waals surface area contributed by atoms with E-state index in [1.54, 1.807) is 59.5 Å². The minimum Gasteiger partial charge on any atom is -0.490 e. The summed E-state index contributed by atoms with van der Waals surface area (Å²) in [4.78, 5) is 15.8. The molecule has 0 atom stereocenters. The summed E-state index contributed by atoms with van der Waals surface area (Å²) in [6, 6.07) is 13.9. The van der Waals surface area contributed by atoms with Crippen LogP contribution in [0.2, 0.25) is 5.02 Å². The summed E-state index contributed by atoms with van der Waals surface area (Å²) < 4.78 is 12.2. The third-order valence-corrected chi connectivity index (χ3v) is 3.44. The standard InChI is InChI=1S/C17H14ClN3O3/c18-14-3-7-16(8-4-14)23-9-10-24-17(22)13-1-5-15(6-2-13)21-12-19-11-20-21/h1-8,11-12H,9-10H2. The highest BCUT2D eigenvalue weighted by Gasteiger charge is 2.07. The van der Waals surface area contributed by atoms with Crippen LogP contribution in [0.3, 0.4) is 0 Å². The summed E-state index contributed by atoms with van der Waals surface area (Å²) in [5.74, 6) is 0.271. The van der Waals surface area contributed by atoms with Crippen molar-refractivity contribution < 1.29 is 14.3 Å². The van der Waals surface area contributed by atoms with Crippen molar-refractivity contribution in [3.8, 4) is 11.4 Å². The number of benzene rings is 2. The summed E-state index contributed by atoms with van der Waals surface area (Å²) in [6.07, 6.45) is 3.03. The lowest BCUT2D eigenvalue weighted by Crippen LogP contribution is -2.12. The molecule has 3 rings (SSSR count). The fourth-order valence-electron chi connectivity index (χ4n) is 2.00. The number of esters is 1. The summed E-state index contributed by atoms with van der Waals surface area (Å²) in [5, 5.41) is 4.66. The van der Waals surface area contributed by atoms with Gasteiger partial charge in [-0.05, 0) is 48.5 Å². The molecule has 7 heteroatoms. The largest absolute Gasteiger partial charge is 0.490 e. The van der Waals surface area contributed by atoms with Gasteiger partial charge < -0.3 is 9.47 Å². The molecule has 1 aromatic heterocycles. The molecule has 6 nitrogen and oxygen atoms in total. The molecule has 1 heterocycles. The average Bonchev–Trinajstić information content (AvgIpc) is 3.15. The first kappa shape index (κ1) is 16.0. The van der Waals surface area contributed by atoms with Crippen LogP contribution in [0.15, 0.2) is 61.2 Å². The first-order valence-corrected chi connectivity index (χ1v) is 7.61. The Morgan fingerprint density at radius 2 is 1.79 bits per heavy atom. The molecular weight excluding hydrogens is 330 g/mol. The predicted octanol–water partition coefficient (Wildman–Crippen LogP) is 3.16. The average molecular weight is 344 g/mol. The van der Waals surface area contributed by atoms with Crippen molar-refractivity contribution in [2.24, 2.45) is 0 Å². The molecule has 0 fully saturated rings. The van der Waals surface area contributed by atoms with E-state index in [-0.39, 0.29) is 13.2 Å². The molecule has 0 spiro atoms. The normalized spacial score (nSPS) is 10.4. The Balaban J connectivity index is 1.47. The number of aromatic nitrogens is 3. The Kier molecular flexibility index (Phi) is 5.08. The van der Waals surface area contributed by atoms with E-state index in [1.165, 1.54) is 6.33 Å². The molecule has 0 aliphatic carbocycles. The van der Waals surface area contributed by atoms with Crippen molar-refractivity contribution in [3.63, 3.8) is 0 Å². The zero-order valence-corrected chi connectivity index (χ0v) is 13.4. The lowest BCUT2D eigenvalue weighted by Gasteiger charge is -2.08. The number of ether oxygens (including phenoxy) is 2. The topological polar surface area (TPSA) is 66.2 Å². The van der Waals surface area contributed by atoms with Crippen LogP contribution in [0.25, 0.3) is 5.69 Å². The van der Waals surface area contributed by atoms with Crippen molar-refractivity contribution in [1.29, 1.82) is 0 Å². The van der Waals surface area contributed by atoms with Crippen LogP contribution in [0.1, 0.15) is 10.4 Å². The maximum absolute atomic E-state index is 12.0. The molecular formula is C17H14ClN3O3. The molecule has 0 amide bonds. The minimum atomic E-state index is -0.403. The van der Waals surface area contributed by atoms with Gasteiger partial charge in [-0.1, -0.05) is 11.6 Å². The highest BCUT2D eigenvalue weighted by Crippen LogP contribution is 2.15. The number of hydrogen-bond donors (Lipinski definition) is 0. The molecule has 2 aromatic carbocycles. The Hall–Kier alpha value is -2.86. The molecule has 24 heavy (non-hydrogen) atoms. The number of carbonyl (C=O) groups excluding carboxylic acids is 1. The second-order valence-electron chi connectivity index (χ2n) is 4.83. The molecule has 122 valence electrons. The van der Waals surface area contributed by atoms with Crippen LogP contribution < -0.4 is 4.74 Å². The number of nitrogens with zero attached hydrogens (tertiary/aromatic N) is 3. The van der Waals surface area contributed by atoms with Gasteiger partial charge in [0, 0.05) is 5.02 Å². The Morgan fingerprint density at radius 3 is 2.46 bits per heavy atom. The van der Waals surface area contributed by atoms with Crippen LogP contribution in [-0.2, 0) is 4.74 Å². The summed E-state index contributed by atoms with van der Waals surface area (Å²) in [6.45, 7) is 0.427. The van der Waals surface area contributed by atoms with Crippen molar-refractivity contribution in [2.45, 2.75) is 0 Å². The third-order valence-electron chi connectivity index (χ3n) is 3.19. The van der Waals surface area contributed by atoms with E-state index in [9.17, 15) is 4.79 Å². The van der Waals surface area contributed by atoms with E-state index >= 15 is 0 Å². The van der Waals surface area contributed by atoms with E-state index in [2.05, 4.69) is 10.1 Å². The lowest BCUT2D eigenvalue weighted by molar-refractivity contribution is 0.0450. The van der Waals surface area contributed by atoms with Gasteiger partial charge in [0.05, 0.1) is 11.3 Å². The van der Waals surface area contributed by atoms with E-state index in [0.29, 0.717) is 16.3 Å². The molecule has 0 aliphatic heterocycles. The molecule has 0 saturated carbocycles. The van der Waals surface area contributed by atoms with Crippen molar-refractivity contribution in [3.05, 3.63) is 71.8 Å². The summed E-state index contributed by atoms with van der Waals surface area (Å²) >= 11 is 5.79. The fourth-order valence-corrected chi connectivity index (χ4v) is 2.13. The lowest BCUT2D eigenvalue weighted by atomic mass is 10.2. The van der Waals surface area contributed by atoms with Gasteiger partial charge in [0.15, 0.2) is 0 Å². The second-order valence-corrected chi connectivity index (χ2v) is 5.26. The molecule has 0 N–H and O–H groups in total. The van der Waals surface area contributed by atoms with Gasteiger partial charge in [-0.2, -0.15) is 5.10 Å². The van der Waals surface area contributed by atoms with Gasteiger partial charge in [-0.15, -0.1) is 0 Å². The van der Waals surface area contributed by atoms with Crippen LogP contribution >= 0.6 is 11.6 Å². The van der Waals surface area contributed by atoms with E-state index in [4.69, 9.17) is 21.1 Å². The van der Waals surface area contributed by atoms with Crippen LogP contribution in [0, 0.1) is 0 Å². The van der Waals surface area contributed by atoms with Gasteiger partial charge in [0.1, 0.15) is 31.6 Å². The van der Waals surface area contributed by atoms with E-state index in [1.807, 2.05) is 0 Å². The smallest absolute Gasteiger partial charge is 0.338 e.